The molecule has 20 heavy (non-hydrogen) atoms. The van der Waals surface area contributed by atoms with Crippen LogP contribution in [-0.2, 0) is 15.1 Å². The molecule has 0 aliphatic heterocycles. The molecule has 110 valence electrons. The SMILES string of the molecule is CCOC1CC1C(=O)NC(C)(C)c1ccc(F)cc1Cl. The molecule has 3 nitrogen and oxygen atoms in total. The van der Waals surface area contributed by atoms with E-state index in [1.807, 2.05) is 20.8 Å². The number of benzene rings is 1. The molecule has 0 radical (unpaired) electrons. The standard InChI is InChI=1S/C15H19ClFNO2/c1-4-20-13-8-10(13)14(19)18-15(2,3)11-6-5-9(17)7-12(11)16/h5-7,10,13H,4,8H2,1-3H3,(H,18,19). The molecule has 2 atom stereocenters. The second-order valence-electron chi connectivity index (χ2n) is 5.57. The molecular weight excluding hydrogens is 281 g/mol. The Morgan fingerprint density at radius 3 is 2.85 bits per heavy atom. The van der Waals surface area contributed by atoms with E-state index in [4.69, 9.17) is 16.3 Å². The molecule has 5 heteroatoms. The largest absolute Gasteiger partial charge is 0.378 e. The van der Waals surface area contributed by atoms with Crippen molar-refractivity contribution in [2.24, 2.45) is 5.92 Å². The maximum atomic E-state index is 13.1. The molecule has 1 N–H and O–H groups in total. The summed E-state index contributed by atoms with van der Waals surface area (Å²) in [5.41, 5.74) is 0.0452. The van der Waals surface area contributed by atoms with Gasteiger partial charge in [-0.1, -0.05) is 17.7 Å². The summed E-state index contributed by atoms with van der Waals surface area (Å²) in [6.07, 6.45) is 0.784. The van der Waals surface area contributed by atoms with Crippen molar-refractivity contribution >= 4 is 17.5 Å². The summed E-state index contributed by atoms with van der Waals surface area (Å²) in [4.78, 5) is 12.1. The minimum Gasteiger partial charge on any atom is -0.378 e. The zero-order valence-electron chi connectivity index (χ0n) is 11.9. The predicted molar refractivity (Wildman–Crippen MR) is 76.1 cm³/mol. The van der Waals surface area contributed by atoms with Crippen LogP contribution in [-0.4, -0.2) is 18.6 Å². The molecule has 0 bridgehead atoms. The van der Waals surface area contributed by atoms with Gasteiger partial charge in [0, 0.05) is 11.6 Å². The van der Waals surface area contributed by atoms with Crippen molar-refractivity contribution in [2.75, 3.05) is 6.61 Å². The van der Waals surface area contributed by atoms with Crippen molar-refractivity contribution in [1.29, 1.82) is 0 Å². The molecule has 1 aliphatic rings. The molecule has 1 aromatic carbocycles. The normalized spacial score (nSPS) is 21.6. The first-order valence-electron chi connectivity index (χ1n) is 6.74. The van der Waals surface area contributed by atoms with E-state index >= 15 is 0 Å². The van der Waals surface area contributed by atoms with E-state index in [2.05, 4.69) is 5.32 Å². The Kier molecular flexibility index (Phi) is 4.35. The number of hydrogen-bond acceptors (Lipinski definition) is 2. The van der Waals surface area contributed by atoms with Gasteiger partial charge in [-0.15, -0.1) is 0 Å². The van der Waals surface area contributed by atoms with Crippen LogP contribution in [0.15, 0.2) is 18.2 Å². The Morgan fingerprint density at radius 1 is 1.55 bits per heavy atom. The summed E-state index contributed by atoms with van der Waals surface area (Å²) in [7, 11) is 0. The van der Waals surface area contributed by atoms with Gasteiger partial charge in [0.1, 0.15) is 5.82 Å². The molecule has 0 heterocycles. The van der Waals surface area contributed by atoms with Crippen LogP contribution in [0.25, 0.3) is 0 Å². The fourth-order valence-electron chi connectivity index (χ4n) is 2.31. The molecule has 0 saturated heterocycles. The van der Waals surface area contributed by atoms with Gasteiger partial charge in [0.25, 0.3) is 0 Å². The Hall–Kier alpha value is -1.13. The van der Waals surface area contributed by atoms with E-state index in [0.717, 1.165) is 6.42 Å². The fourth-order valence-corrected chi connectivity index (χ4v) is 2.71. The van der Waals surface area contributed by atoms with Crippen molar-refractivity contribution in [3.63, 3.8) is 0 Å². The molecular formula is C15H19ClFNO2. The lowest BCUT2D eigenvalue weighted by Gasteiger charge is -2.28. The van der Waals surface area contributed by atoms with Crippen LogP contribution in [0.5, 0.6) is 0 Å². The van der Waals surface area contributed by atoms with Crippen LogP contribution in [0.3, 0.4) is 0 Å². The topological polar surface area (TPSA) is 38.3 Å². The number of carbonyl (C=O) groups excluding carboxylic acids is 1. The van der Waals surface area contributed by atoms with Crippen LogP contribution in [0.4, 0.5) is 4.39 Å². The lowest BCUT2D eigenvalue weighted by Crippen LogP contribution is -2.42. The molecule has 1 amide bonds. The highest BCUT2D eigenvalue weighted by atomic mass is 35.5. The van der Waals surface area contributed by atoms with Crippen molar-refractivity contribution in [3.8, 4) is 0 Å². The minimum atomic E-state index is -0.652. The Labute approximate surface area is 123 Å². The van der Waals surface area contributed by atoms with E-state index in [9.17, 15) is 9.18 Å². The number of nitrogens with one attached hydrogen (secondary N) is 1. The van der Waals surface area contributed by atoms with Gasteiger partial charge in [-0.3, -0.25) is 4.79 Å². The first kappa shape index (κ1) is 15.3. The van der Waals surface area contributed by atoms with Gasteiger partial charge in [0.15, 0.2) is 0 Å². The number of ether oxygens (including phenoxy) is 1. The Bertz CT molecular complexity index is 519. The van der Waals surface area contributed by atoms with Crippen LogP contribution in [0.2, 0.25) is 5.02 Å². The van der Waals surface area contributed by atoms with Gasteiger partial charge in [-0.05, 0) is 44.9 Å². The van der Waals surface area contributed by atoms with Gasteiger partial charge in [0.2, 0.25) is 5.91 Å². The third kappa shape index (κ3) is 3.30. The number of hydrogen-bond donors (Lipinski definition) is 1. The van der Waals surface area contributed by atoms with Gasteiger partial charge < -0.3 is 10.1 Å². The van der Waals surface area contributed by atoms with E-state index in [-0.39, 0.29) is 23.7 Å². The molecule has 2 rings (SSSR count). The molecule has 2 unspecified atom stereocenters. The maximum Gasteiger partial charge on any atom is 0.226 e. The summed E-state index contributed by atoms with van der Waals surface area (Å²) in [5, 5.41) is 3.27. The second kappa shape index (κ2) is 5.70. The molecule has 1 fully saturated rings. The fraction of sp³-hybridized carbons (Fsp3) is 0.533. The van der Waals surface area contributed by atoms with Crippen molar-refractivity contribution in [3.05, 3.63) is 34.6 Å². The molecule has 0 aromatic heterocycles. The van der Waals surface area contributed by atoms with E-state index in [1.165, 1.54) is 12.1 Å². The highest BCUT2D eigenvalue weighted by molar-refractivity contribution is 6.31. The van der Waals surface area contributed by atoms with Crippen molar-refractivity contribution < 1.29 is 13.9 Å². The van der Waals surface area contributed by atoms with E-state index < -0.39 is 5.54 Å². The summed E-state index contributed by atoms with van der Waals surface area (Å²) in [6.45, 7) is 6.22. The summed E-state index contributed by atoms with van der Waals surface area (Å²) >= 11 is 6.06. The second-order valence-corrected chi connectivity index (χ2v) is 5.98. The number of amides is 1. The average Bonchev–Trinajstić information content (AvgIpc) is 3.07. The quantitative estimate of drug-likeness (QED) is 0.906. The molecule has 0 spiro atoms. The third-order valence-electron chi connectivity index (χ3n) is 3.49. The van der Waals surface area contributed by atoms with Gasteiger partial charge in [-0.25, -0.2) is 4.39 Å². The number of halogens is 2. The lowest BCUT2D eigenvalue weighted by atomic mass is 9.94. The zero-order valence-corrected chi connectivity index (χ0v) is 12.6. The molecule has 1 aliphatic carbocycles. The van der Waals surface area contributed by atoms with Gasteiger partial charge >= 0.3 is 0 Å². The van der Waals surface area contributed by atoms with E-state index in [1.54, 1.807) is 6.07 Å². The van der Waals surface area contributed by atoms with Crippen molar-refractivity contribution in [1.82, 2.24) is 5.32 Å². The maximum absolute atomic E-state index is 13.1. The highest BCUT2D eigenvalue weighted by Gasteiger charge is 2.45. The number of carbonyl (C=O) groups is 1. The van der Waals surface area contributed by atoms with E-state index in [0.29, 0.717) is 17.2 Å². The molecule has 1 aromatic rings. The number of rotatable bonds is 5. The summed E-state index contributed by atoms with van der Waals surface area (Å²) < 4.78 is 18.5. The smallest absolute Gasteiger partial charge is 0.226 e. The highest BCUT2D eigenvalue weighted by Crippen LogP contribution is 2.36. The summed E-state index contributed by atoms with van der Waals surface area (Å²) in [6, 6.07) is 4.20. The molecule has 1 saturated carbocycles. The average molecular weight is 300 g/mol. The lowest BCUT2D eigenvalue weighted by molar-refractivity contribution is -0.125. The first-order chi connectivity index (χ1) is 9.35. The third-order valence-corrected chi connectivity index (χ3v) is 3.80. The predicted octanol–water partition coefficient (Wildman–Crippen LogP) is 3.26. The minimum absolute atomic E-state index is 0.0273. The van der Waals surface area contributed by atoms with Crippen LogP contribution < -0.4 is 5.32 Å². The summed E-state index contributed by atoms with van der Waals surface area (Å²) in [5.74, 6) is -0.526. The Balaban J connectivity index is 2.05. The first-order valence-corrected chi connectivity index (χ1v) is 7.12. The van der Waals surface area contributed by atoms with Crippen LogP contribution >= 0.6 is 11.6 Å². The zero-order chi connectivity index (χ0) is 14.9. The monoisotopic (exact) mass is 299 g/mol. The van der Waals surface area contributed by atoms with Gasteiger partial charge in [-0.2, -0.15) is 0 Å². The van der Waals surface area contributed by atoms with Crippen LogP contribution in [0, 0.1) is 11.7 Å². The van der Waals surface area contributed by atoms with Gasteiger partial charge in [0.05, 0.1) is 17.6 Å². The Morgan fingerprint density at radius 2 is 2.25 bits per heavy atom. The van der Waals surface area contributed by atoms with Crippen molar-refractivity contribution in [2.45, 2.75) is 38.8 Å². The van der Waals surface area contributed by atoms with Crippen LogP contribution in [0.1, 0.15) is 32.8 Å².